The number of aromatic nitrogens is 1. The molecular weight excluding hydrogens is 182 g/mol. The fourth-order valence-electron chi connectivity index (χ4n) is 1.18. The first-order valence-corrected chi connectivity index (χ1v) is 5.60. The van der Waals surface area contributed by atoms with Gasteiger partial charge in [0.15, 0.2) is 0 Å². The van der Waals surface area contributed by atoms with E-state index in [1.54, 1.807) is 23.0 Å². The van der Waals surface area contributed by atoms with Crippen LogP contribution in [0.2, 0.25) is 0 Å². The Labute approximate surface area is 83.0 Å². The summed E-state index contributed by atoms with van der Waals surface area (Å²) < 4.78 is 0. The molecule has 0 spiro atoms. The normalized spacial score (nSPS) is 10.2. The summed E-state index contributed by atoms with van der Waals surface area (Å²) in [5.74, 6) is 0.345. The van der Waals surface area contributed by atoms with E-state index in [-0.39, 0.29) is 0 Å². The van der Waals surface area contributed by atoms with Gasteiger partial charge in [-0.1, -0.05) is 19.8 Å². The molecule has 0 bridgehead atoms. The standard InChI is InChI=1S/C10H15NOS/c1-2-3-4-5-9(12)6-10-7-11-8-13-10/h7-8H,2-6H2,1H3. The number of carbonyl (C=O) groups is 1. The van der Waals surface area contributed by atoms with Crippen LogP contribution in [0.3, 0.4) is 0 Å². The van der Waals surface area contributed by atoms with Crippen molar-refractivity contribution in [1.82, 2.24) is 4.98 Å². The number of ketones is 1. The lowest BCUT2D eigenvalue weighted by molar-refractivity contribution is -0.118. The van der Waals surface area contributed by atoms with Crippen LogP contribution in [0.4, 0.5) is 0 Å². The molecule has 13 heavy (non-hydrogen) atoms. The SMILES string of the molecule is CCCCCC(=O)Cc1cncs1. The molecule has 0 atom stereocenters. The second-order valence-corrected chi connectivity index (χ2v) is 4.11. The van der Waals surface area contributed by atoms with Crippen molar-refractivity contribution in [3.05, 3.63) is 16.6 Å². The molecule has 0 N–H and O–H groups in total. The van der Waals surface area contributed by atoms with E-state index < -0.39 is 0 Å². The number of carbonyl (C=O) groups excluding carboxylic acids is 1. The first-order valence-electron chi connectivity index (χ1n) is 4.72. The third-order valence-corrected chi connectivity index (χ3v) is 2.69. The van der Waals surface area contributed by atoms with E-state index in [1.807, 2.05) is 0 Å². The van der Waals surface area contributed by atoms with Crippen molar-refractivity contribution in [2.24, 2.45) is 0 Å². The summed E-state index contributed by atoms with van der Waals surface area (Å²) in [5, 5.41) is 0. The Morgan fingerprint density at radius 2 is 2.38 bits per heavy atom. The molecule has 0 aliphatic rings. The highest BCUT2D eigenvalue weighted by Crippen LogP contribution is 2.09. The topological polar surface area (TPSA) is 30.0 Å². The Morgan fingerprint density at radius 3 is 3.00 bits per heavy atom. The van der Waals surface area contributed by atoms with Crippen molar-refractivity contribution in [3.63, 3.8) is 0 Å². The van der Waals surface area contributed by atoms with Crippen molar-refractivity contribution < 1.29 is 4.79 Å². The Bertz CT molecular complexity index is 243. The first kappa shape index (κ1) is 10.4. The van der Waals surface area contributed by atoms with Crippen LogP contribution >= 0.6 is 11.3 Å². The number of rotatable bonds is 6. The van der Waals surface area contributed by atoms with Gasteiger partial charge in [0.25, 0.3) is 0 Å². The van der Waals surface area contributed by atoms with E-state index in [0.29, 0.717) is 12.2 Å². The van der Waals surface area contributed by atoms with Gasteiger partial charge in [-0.05, 0) is 6.42 Å². The molecule has 1 rings (SSSR count). The maximum absolute atomic E-state index is 11.4. The Kier molecular flexibility index (Phi) is 4.68. The number of thiazole rings is 1. The van der Waals surface area contributed by atoms with Gasteiger partial charge >= 0.3 is 0 Å². The predicted octanol–water partition coefficient (Wildman–Crippen LogP) is 2.84. The van der Waals surface area contributed by atoms with Gasteiger partial charge in [0.05, 0.1) is 5.51 Å². The highest BCUT2D eigenvalue weighted by atomic mass is 32.1. The largest absolute Gasteiger partial charge is 0.299 e. The van der Waals surface area contributed by atoms with Crippen LogP contribution < -0.4 is 0 Å². The molecule has 72 valence electrons. The summed E-state index contributed by atoms with van der Waals surface area (Å²) in [4.78, 5) is 16.4. The summed E-state index contributed by atoms with van der Waals surface area (Å²) in [7, 11) is 0. The quantitative estimate of drug-likeness (QED) is 0.656. The molecule has 0 saturated heterocycles. The predicted molar refractivity (Wildman–Crippen MR) is 55.0 cm³/mol. The number of Topliss-reactive ketones (excluding diaryl/α,β-unsaturated/α-hetero) is 1. The summed E-state index contributed by atoms with van der Waals surface area (Å²) in [6, 6.07) is 0. The number of hydrogen-bond acceptors (Lipinski definition) is 3. The smallest absolute Gasteiger partial charge is 0.138 e. The highest BCUT2D eigenvalue weighted by Gasteiger charge is 2.03. The molecular formula is C10H15NOS. The van der Waals surface area contributed by atoms with Gasteiger partial charge in [-0.25, -0.2) is 0 Å². The van der Waals surface area contributed by atoms with Crippen molar-refractivity contribution in [3.8, 4) is 0 Å². The van der Waals surface area contributed by atoms with Crippen molar-refractivity contribution in [2.45, 2.75) is 39.0 Å². The molecule has 3 heteroatoms. The fraction of sp³-hybridized carbons (Fsp3) is 0.600. The van der Waals surface area contributed by atoms with Gasteiger partial charge in [0.2, 0.25) is 0 Å². The average molecular weight is 197 g/mol. The molecule has 1 aromatic heterocycles. The number of nitrogens with zero attached hydrogens (tertiary/aromatic N) is 1. The van der Waals surface area contributed by atoms with Gasteiger partial charge in [-0.3, -0.25) is 9.78 Å². The summed E-state index contributed by atoms with van der Waals surface area (Å²) in [5.41, 5.74) is 1.77. The van der Waals surface area contributed by atoms with Crippen LogP contribution in [-0.2, 0) is 11.2 Å². The third-order valence-electron chi connectivity index (χ3n) is 1.91. The Morgan fingerprint density at radius 1 is 1.54 bits per heavy atom. The molecule has 0 aliphatic heterocycles. The molecule has 0 aliphatic carbocycles. The maximum atomic E-state index is 11.4. The molecule has 2 nitrogen and oxygen atoms in total. The van der Waals surface area contributed by atoms with E-state index in [0.717, 1.165) is 24.1 Å². The lowest BCUT2D eigenvalue weighted by Gasteiger charge is -1.97. The van der Waals surface area contributed by atoms with E-state index in [2.05, 4.69) is 11.9 Å². The van der Waals surface area contributed by atoms with Crippen LogP contribution in [0.5, 0.6) is 0 Å². The summed E-state index contributed by atoms with van der Waals surface area (Å²) >= 11 is 1.56. The van der Waals surface area contributed by atoms with Crippen molar-refractivity contribution in [1.29, 1.82) is 0 Å². The van der Waals surface area contributed by atoms with E-state index in [9.17, 15) is 4.79 Å². The average Bonchev–Trinajstić information content (AvgIpc) is 2.57. The first-order chi connectivity index (χ1) is 6.33. The third kappa shape index (κ3) is 4.18. The van der Waals surface area contributed by atoms with Gasteiger partial charge < -0.3 is 0 Å². The van der Waals surface area contributed by atoms with Crippen LogP contribution in [0, 0.1) is 0 Å². The lowest BCUT2D eigenvalue weighted by Crippen LogP contribution is -2.00. The molecule has 0 fully saturated rings. The molecule has 0 unspecified atom stereocenters. The van der Waals surface area contributed by atoms with E-state index >= 15 is 0 Å². The zero-order chi connectivity index (χ0) is 9.52. The second-order valence-electron chi connectivity index (χ2n) is 3.14. The van der Waals surface area contributed by atoms with Crippen LogP contribution in [0.15, 0.2) is 11.7 Å². The Balaban J connectivity index is 2.18. The second kappa shape index (κ2) is 5.86. The summed E-state index contributed by atoms with van der Waals surface area (Å²) in [6.07, 6.45) is 6.46. The van der Waals surface area contributed by atoms with Crippen molar-refractivity contribution >= 4 is 17.1 Å². The lowest BCUT2D eigenvalue weighted by atomic mass is 10.1. The fourth-order valence-corrected chi connectivity index (χ4v) is 1.81. The Hall–Kier alpha value is -0.700. The molecule has 0 aromatic carbocycles. The molecule has 0 amide bonds. The molecule has 1 aromatic rings. The monoisotopic (exact) mass is 197 g/mol. The van der Waals surface area contributed by atoms with Crippen LogP contribution in [0.25, 0.3) is 0 Å². The summed E-state index contributed by atoms with van der Waals surface area (Å²) in [6.45, 7) is 2.15. The molecule has 0 saturated carbocycles. The van der Waals surface area contributed by atoms with Gasteiger partial charge in [0, 0.05) is 23.9 Å². The van der Waals surface area contributed by atoms with E-state index in [4.69, 9.17) is 0 Å². The molecule has 1 heterocycles. The molecule has 0 radical (unpaired) electrons. The van der Waals surface area contributed by atoms with Gasteiger partial charge in [-0.2, -0.15) is 0 Å². The minimum atomic E-state index is 0.345. The van der Waals surface area contributed by atoms with Crippen LogP contribution in [0.1, 0.15) is 37.5 Å². The minimum Gasteiger partial charge on any atom is -0.299 e. The number of unbranched alkanes of at least 4 members (excludes halogenated alkanes) is 2. The van der Waals surface area contributed by atoms with Crippen molar-refractivity contribution in [2.75, 3.05) is 0 Å². The maximum Gasteiger partial charge on any atom is 0.138 e. The van der Waals surface area contributed by atoms with Crippen LogP contribution in [-0.4, -0.2) is 10.8 Å². The number of hydrogen-bond donors (Lipinski definition) is 0. The zero-order valence-corrected chi connectivity index (χ0v) is 8.77. The highest BCUT2D eigenvalue weighted by molar-refractivity contribution is 7.09. The zero-order valence-electron chi connectivity index (χ0n) is 7.95. The van der Waals surface area contributed by atoms with Gasteiger partial charge in [-0.15, -0.1) is 11.3 Å². The van der Waals surface area contributed by atoms with Gasteiger partial charge in [0.1, 0.15) is 5.78 Å². The van der Waals surface area contributed by atoms with E-state index in [1.165, 1.54) is 6.42 Å². The minimum absolute atomic E-state index is 0.345.